The van der Waals surface area contributed by atoms with Crippen molar-refractivity contribution >= 4 is 55.0 Å². The van der Waals surface area contributed by atoms with E-state index in [9.17, 15) is 36.6 Å². The number of rotatable bonds is 4. The van der Waals surface area contributed by atoms with Gasteiger partial charge in [-0.1, -0.05) is 60.0 Å². The van der Waals surface area contributed by atoms with E-state index < -0.39 is 54.8 Å². The largest absolute Gasteiger partial charge is 0.870 e. The number of fused-ring (bicyclic) bond motifs is 2. The van der Waals surface area contributed by atoms with E-state index in [0.717, 1.165) is 0 Å². The van der Waals surface area contributed by atoms with Crippen LogP contribution in [0.25, 0.3) is 11.5 Å². The number of aromatic amines is 4. The van der Waals surface area contributed by atoms with Gasteiger partial charge in [0, 0.05) is 26.5 Å². The Labute approximate surface area is 326 Å². The van der Waals surface area contributed by atoms with Crippen molar-refractivity contribution in [2.24, 2.45) is 0 Å². The van der Waals surface area contributed by atoms with Gasteiger partial charge in [0.15, 0.2) is 0 Å². The molecule has 6 aromatic rings. The highest BCUT2D eigenvalue weighted by Crippen LogP contribution is 2.34. The van der Waals surface area contributed by atoms with Gasteiger partial charge < -0.3 is 26.3 Å². The molecule has 8 N–H and O–H groups in total. The summed E-state index contributed by atoms with van der Waals surface area (Å²) in [6.07, 6.45) is 13.7. The second-order valence-electron chi connectivity index (χ2n) is 11.3. The molecule has 296 valence electrons. The third kappa shape index (κ3) is 9.66. The van der Waals surface area contributed by atoms with E-state index in [1.165, 1.54) is 75.0 Å². The predicted molar refractivity (Wildman–Crippen MR) is 201 cm³/mol. The number of carbonyl (C=O) groups is 2. The van der Waals surface area contributed by atoms with Crippen LogP contribution in [-0.4, -0.2) is 76.8 Å². The third-order valence-electron chi connectivity index (χ3n) is 7.73. The fourth-order valence-electron chi connectivity index (χ4n) is 5.03. The van der Waals surface area contributed by atoms with Crippen molar-refractivity contribution in [3.63, 3.8) is 0 Å². The van der Waals surface area contributed by atoms with Gasteiger partial charge in [-0.15, -0.1) is 0 Å². The molecular formula is C36H36N10O9S2. The molecule has 19 nitrogen and oxygen atoms in total. The van der Waals surface area contributed by atoms with E-state index in [4.69, 9.17) is 0 Å². The molecule has 0 aliphatic carbocycles. The number of likely N-dealkylation sites (N-methyl/N-ethyl adjacent to an activating group) is 2. The lowest BCUT2D eigenvalue weighted by Crippen LogP contribution is -2.39. The van der Waals surface area contributed by atoms with E-state index >= 15 is 0 Å². The summed E-state index contributed by atoms with van der Waals surface area (Å²) in [4.78, 5) is 43.6. The summed E-state index contributed by atoms with van der Waals surface area (Å²) in [5.74, 6) is -2.49. The number of hydrogen-bond donors (Lipinski definition) is 4. The number of hydrogen-bond acceptors (Lipinski definition) is 10. The lowest BCUT2D eigenvalue weighted by molar-refractivity contribution is -0.376. The van der Waals surface area contributed by atoms with Crippen molar-refractivity contribution < 1.29 is 52.1 Å². The number of amides is 2. The van der Waals surface area contributed by atoms with E-state index in [1.54, 1.807) is 49.1 Å². The van der Waals surface area contributed by atoms with E-state index in [-0.39, 0.29) is 38.0 Å². The molecule has 0 fully saturated rings. The van der Waals surface area contributed by atoms with Crippen LogP contribution < -0.4 is 30.8 Å². The molecule has 0 atom stereocenters. The van der Waals surface area contributed by atoms with Crippen molar-refractivity contribution in [3.05, 3.63) is 157 Å². The van der Waals surface area contributed by atoms with Crippen LogP contribution in [0.3, 0.4) is 0 Å². The van der Waals surface area contributed by atoms with E-state index in [1.807, 2.05) is 24.8 Å². The minimum atomic E-state index is -3.95. The second kappa shape index (κ2) is 18.8. The molecule has 0 saturated carbocycles. The number of pyridine rings is 2. The van der Waals surface area contributed by atoms with Crippen LogP contribution in [0.2, 0.25) is 0 Å². The van der Waals surface area contributed by atoms with Crippen LogP contribution in [-0.2, 0) is 29.6 Å². The lowest BCUT2D eigenvalue weighted by Gasteiger charge is -2.33. The molecule has 2 amide bonds. The highest BCUT2D eigenvalue weighted by molar-refractivity contribution is 7.89. The van der Waals surface area contributed by atoms with Crippen LogP contribution in [0, 0.1) is 0 Å². The normalized spacial score (nSPS) is 14.3. The van der Waals surface area contributed by atoms with E-state index in [0.29, 0.717) is 8.61 Å². The van der Waals surface area contributed by atoms with Crippen LogP contribution in [0.15, 0.2) is 156 Å². The molecule has 6 heterocycles. The molecule has 2 aliphatic rings. The molecule has 2 aliphatic heterocycles. The zero-order valence-corrected chi connectivity index (χ0v) is 31.7. The molecule has 57 heavy (non-hydrogen) atoms. The molecule has 0 bridgehead atoms. The fraction of sp³-hybridized carbons (Fsp3) is 0.0556. The second-order valence-corrected chi connectivity index (χ2v) is 15.1. The minimum absolute atomic E-state index is 0. The number of aromatic nitrogens is 6. The summed E-state index contributed by atoms with van der Waals surface area (Å²) in [5, 5.41) is 29.9. The standard InChI is InChI=1S/2C15H13N3O4S.2C3H4N2.H2O/c2*1-18-13(15(20)17-12-8-4-5-9-16-12)14(19)10-6-2-3-7-11(10)23(18,21)22;2*1-2-5-3-4-1;/h2*2-9,19H,1H3,(H,16,17,20);2*1-3H,(H,4,5);1H2. The van der Waals surface area contributed by atoms with Gasteiger partial charge in [0.1, 0.15) is 47.8 Å². The number of benzene rings is 2. The third-order valence-corrected chi connectivity index (χ3v) is 11.4. The maximum absolute atomic E-state index is 12.5. The SMILES string of the molecule is CN1C(C(=O)Nc2ccccn2)=C([O-])c2ccccc2S1(=O)=O.CN1C(C(=O)Nc2ccccn2)=C([O-])c2ccccc2S1(=O)=O.O.c1c[nH+]c[nH]1.c1c[nH+]c[nH]1. The van der Waals surface area contributed by atoms with Crippen molar-refractivity contribution in [1.29, 1.82) is 0 Å². The molecule has 0 unspecified atom stereocenters. The maximum Gasteiger partial charge on any atom is 0.273 e. The number of imidazole rings is 2. The van der Waals surface area contributed by atoms with Crippen LogP contribution in [0.4, 0.5) is 11.6 Å². The smallest absolute Gasteiger partial charge is 0.273 e. The Morgan fingerprint density at radius 3 is 1.28 bits per heavy atom. The molecule has 0 spiro atoms. The molecule has 2 aromatic carbocycles. The number of nitrogens with one attached hydrogen (secondary N) is 6. The molecule has 0 saturated heterocycles. The summed E-state index contributed by atoms with van der Waals surface area (Å²) in [6, 6.07) is 21.3. The highest BCUT2D eigenvalue weighted by Gasteiger charge is 2.35. The van der Waals surface area contributed by atoms with Crippen molar-refractivity contribution in [2.75, 3.05) is 24.7 Å². The lowest BCUT2D eigenvalue weighted by atomic mass is 10.1. The van der Waals surface area contributed by atoms with Crippen molar-refractivity contribution in [2.45, 2.75) is 9.79 Å². The Bertz CT molecular complexity index is 2340. The summed E-state index contributed by atoms with van der Waals surface area (Å²) < 4.78 is 51.3. The highest BCUT2D eigenvalue weighted by atomic mass is 32.2. The van der Waals surface area contributed by atoms with Gasteiger partial charge in [0.05, 0.1) is 9.79 Å². The molecule has 0 radical (unpaired) electrons. The minimum Gasteiger partial charge on any atom is -0.870 e. The monoisotopic (exact) mass is 816 g/mol. The van der Waals surface area contributed by atoms with Crippen molar-refractivity contribution in [3.8, 4) is 0 Å². The molecule has 21 heteroatoms. The van der Waals surface area contributed by atoms with Crippen molar-refractivity contribution in [1.82, 2.24) is 28.5 Å². The number of sulfonamides is 2. The van der Waals surface area contributed by atoms with Gasteiger partial charge in [-0.05, 0) is 47.5 Å². The zero-order chi connectivity index (χ0) is 40.3. The van der Waals surface area contributed by atoms with Gasteiger partial charge in [0.25, 0.3) is 31.9 Å². The Morgan fingerprint density at radius 2 is 0.982 bits per heavy atom. The van der Waals surface area contributed by atoms with Gasteiger partial charge in [-0.2, -0.15) is 0 Å². The molecular weight excluding hydrogens is 781 g/mol. The Balaban J connectivity index is 0.000000200. The van der Waals surface area contributed by atoms with Gasteiger partial charge in [-0.25, -0.2) is 26.8 Å². The quantitative estimate of drug-likeness (QED) is 0.179. The van der Waals surface area contributed by atoms with Crippen LogP contribution in [0.5, 0.6) is 0 Å². The Morgan fingerprint density at radius 1 is 0.614 bits per heavy atom. The maximum atomic E-state index is 12.5. The first-order chi connectivity index (χ1) is 26.9. The first kappa shape index (κ1) is 42.4. The predicted octanol–water partition coefficient (Wildman–Crippen LogP) is -0.400. The number of anilines is 2. The number of carbonyl (C=O) groups excluding carboxylic acids is 2. The first-order valence-corrected chi connectivity index (χ1v) is 19.2. The average Bonchev–Trinajstić information content (AvgIpc) is 3.99. The molecule has 4 aromatic heterocycles. The number of H-pyrrole nitrogens is 4. The fourth-order valence-corrected chi connectivity index (χ4v) is 7.81. The zero-order valence-electron chi connectivity index (χ0n) is 30.1. The first-order valence-electron chi connectivity index (χ1n) is 16.3. The Kier molecular flexibility index (Phi) is 14.0. The van der Waals surface area contributed by atoms with Crippen LogP contribution in [0.1, 0.15) is 11.1 Å². The summed E-state index contributed by atoms with van der Waals surface area (Å²) in [7, 11) is -5.54. The number of nitrogens with zero attached hydrogens (tertiary/aromatic N) is 4. The van der Waals surface area contributed by atoms with Gasteiger partial charge >= 0.3 is 0 Å². The van der Waals surface area contributed by atoms with E-state index in [2.05, 4.69) is 40.5 Å². The average molecular weight is 817 g/mol. The molecule has 8 rings (SSSR count). The summed E-state index contributed by atoms with van der Waals surface area (Å²) in [5.41, 5.74) is -0.961. The van der Waals surface area contributed by atoms with Gasteiger partial charge in [0.2, 0.25) is 12.7 Å². The van der Waals surface area contributed by atoms with Crippen LogP contribution >= 0.6 is 0 Å². The Hall–Kier alpha value is -7.36. The van der Waals surface area contributed by atoms with Gasteiger partial charge in [-0.3, -0.25) is 38.1 Å². The summed E-state index contributed by atoms with van der Waals surface area (Å²) >= 11 is 0. The summed E-state index contributed by atoms with van der Waals surface area (Å²) in [6.45, 7) is 0. The topological polar surface area (TPSA) is 296 Å².